The molecule has 0 unspecified atom stereocenters. The molecular weight excluding hydrogens is 861 g/mol. The van der Waals surface area contributed by atoms with Crippen molar-refractivity contribution in [3.63, 3.8) is 0 Å². The molecule has 0 spiro atoms. The quantitative estimate of drug-likeness (QED) is 0.0899. The molecule has 1 aromatic carbocycles. The van der Waals surface area contributed by atoms with Gasteiger partial charge in [-0.1, -0.05) is 0 Å². The molecule has 0 bridgehead atoms. The Morgan fingerprint density at radius 1 is 0.615 bits per heavy atom. The largest absolute Gasteiger partial charge is 0.464 e. The van der Waals surface area contributed by atoms with Crippen molar-refractivity contribution in [1.82, 2.24) is 21.7 Å². The molecule has 0 radical (unpaired) electrons. The van der Waals surface area contributed by atoms with E-state index in [9.17, 15) is 28.8 Å². The summed E-state index contributed by atoms with van der Waals surface area (Å²) in [7, 11) is 0. The lowest BCUT2D eigenvalue weighted by Gasteiger charge is -2.21. The van der Waals surface area contributed by atoms with Crippen LogP contribution in [0.25, 0.3) is 0 Å². The summed E-state index contributed by atoms with van der Waals surface area (Å²) < 4.78 is 21.1. The molecule has 0 aliphatic carbocycles. The highest BCUT2D eigenvalue weighted by molar-refractivity contribution is 14.1. The fourth-order valence-electron chi connectivity index (χ4n) is 2.60. The standard InChI is InChI=1S/C22H27I3N4O10/c1-10(30)36-6-14(7-37-11(2)31)26-28-21(34)18-16(23)5-17(24)19(20(18)25)22(35)29-27-15(8-38-12(3)32)9-39-13(4)33/h5,14-15,26-27H,6-9H2,1-4H3,(H,28,34)(H,29,35). The molecule has 0 aliphatic rings. The van der Waals surface area contributed by atoms with E-state index in [0.29, 0.717) is 10.7 Å². The van der Waals surface area contributed by atoms with E-state index in [1.165, 1.54) is 27.7 Å². The van der Waals surface area contributed by atoms with E-state index in [1.54, 1.807) is 6.07 Å². The number of nitrogens with one attached hydrogen (secondary N) is 4. The second-order valence-electron chi connectivity index (χ2n) is 7.71. The van der Waals surface area contributed by atoms with Crippen LogP contribution in [0.3, 0.4) is 0 Å². The van der Waals surface area contributed by atoms with E-state index < -0.39 is 47.8 Å². The number of ether oxygens (including phenoxy) is 4. The second kappa shape index (κ2) is 17.8. The summed E-state index contributed by atoms with van der Waals surface area (Å²) in [5.41, 5.74) is 10.7. The molecule has 17 heteroatoms. The Balaban J connectivity index is 3.04. The molecule has 1 aromatic rings. The maximum atomic E-state index is 13.1. The molecule has 4 N–H and O–H groups in total. The van der Waals surface area contributed by atoms with E-state index in [4.69, 9.17) is 18.9 Å². The zero-order chi connectivity index (χ0) is 29.7. The third kappa shape index (κ3) is 13.4. The van der Waals surface area contributed by atoms with Crippen molar-refractivity contribution >= 4 is 103 Å². The van der Waals surface area contributed by atoms with E-state index in [0.717, 1.165) is 0 Å². The third-order valence-corrected chi connectivity index (χ3v) is 7.14. The Bertz CT molecular complexity index is 986. The number of hydrogen-bond acceptors (Lipinski definition) is 12. The normalized spacial score (nSPS) is 10.6. The maximum absolute atomic E-state index is 13.1. The fraction of sp³-hybridized carbons (Fsp3) is 0.455. The Morgan fingerprint density at radius 2 is 0.897 bits per heavy atom. The lowest BCUT2D eigenvalue weighted by Crippen LogP contribution is -2.50. The number of hydrogen-bond donors (Lipinski definition) is 4. The van der Waals surface area contributed by atoms with Crippen LogP contribution in [0.1, 0.15) is 48.4 Å². The first kappa shape index (κ1) is 35.2. The average Bonchev–Trinajstić information content (AvgIpc) is 2.82. The van der Waals surface area contributed by atoms with Gasteiger partial charge in [-0.2, -0.15) is 0 Å². The highest BCUT2D eigenvalue weighted by atomic mass is 127. The lowest BCUT2D eigenvalue weighted by atomic mass is 10.1. The smallest absolute Gasteiger partial charge is 0.302 e. The number of carbonyl (C=O) groups is 6. The van der Waals surface area contributed by atoms with Crippen molar-refractivity contribution in [2.24, 2.45) is 0 Å². The van der Waals surface area contributed by atoms with Gasteiger partial charge in [-0.15, -0.1) is 0 Å². The van der Waals surface area contributed by atoms with Crippen LogP contribution >= 0.6 is 67.8 Å². The van der Waals surface area contributed by atoms with Crippen LogP contribution < -0.4 is 21.7 Å². The van der Waals surface area contributed by atoms with Crippen LogP contribution in [-0.4, -0.2) is 74.2 Å². The lowest BCUT2D eigenvalue weighted by molar-refractivity contribution is -0.146. The van der Waals surface area contributed by atoms with Crippen molar-refractivity contribution in [3.05, 3.63) is 27.9 Å². The van der Waals surface area contributed by atoms with Crippen LogP contribution in [-0.2, 0) is 38.1 Å². The molecule has 0 fully saturated rings. The van der Waals surface area contributed by atoms with Crippen molar-refractivity contribution in [2.45, 2.75) is 39.8 Å². The van der Waals surface area contributed by atoms with Gasteiger partial charge in [0.25, 0.3) is 11.8 Å². The SMILES string of the molecule is CC(=O)OCC(COC(C)=O)NNC(=O)c1c(I)cc(I)c(C(=O)NNC(COC(C)=O)COC(C)=O)c1I. The van der Waals surface area contributed by atoms with Crippen molar-refractivity contribution in [2.75, 3.05) is 26.4 Å². The van der Waals surface area contributed by atoms with Gasteiger partial charge in [0.2, 0.25) is 0 Å². The summed E-state index contributed by atoms with van der Waals surface area (Å²) >= 11 is 5.79. The summed E-state index contributed by atoms with van der Waals surface area (Å²) in [5.74, 6) is -3.40. The van der Waals surface area contributed by atoms with Gasteiger partial charge in [0, 0.05) is 38.4 Å². The minimum absolute atomic E-state index is 0.176. The number of esters is 4. The molecule has 0 heterocycles. The zero-order valence-electron chi connectivity index (χ0n) is 21.3. The van der Waals surface area contributed by atoms with E-state index >= 15 is 0 Å². The van der Waals surface area contributed by atoms with Gasteiger partial charge in [-0.3, -0.25) is 39.6 Å². The molecule has 216 valence electrons. The molecule has 0 saturated carbocycles. The summed E-state index contributed by atoms with van der Waals surface area (Å²) in [6, 6.07) is 0.163. The van der Waals surface area contributed by atoms with Gasteiger partial charge < -0.3 is 18.9 Å². The van der Waals surface area contributed by atoms with Crippen LogP contribution in [0.2, 0.25) is 0 Å². The molecule has 14 nitrogen and oxygen atoms in total. The van der Waals surface area contributed by atoms with Gasteiger partial charge in [-0.05, 0) is 73.8 Å². The topological polar surface area (TPSA) is 187 Å². The van der Waals surface area contributed by atoms with Crippen LogP contribution in [0.5, 0.6) is 0 Å². The molecule has 39 heavy (non-hydrogen) atoms. The molecule has 0 saturated heterocycles. The number of hydrazine groups is 2. The Labute approximate surface area is 265 Å². The maximum Gasteiger partial charge on any atom is 0.302 e. The van der Waals surface area contributed by atoms with E-state index in [1.807, 2.05) is 67.8 Å². The Hall–Kier alpha value is -1.85. The first-order valence-corrected chi connectivity index (χ1v) is 14.3. The first-order valence-electron chi connectivity index (χ1n) is 11.1. The van der Waals surface area contributed by atoms with Crippen molar-refractivity contribution in [1.29, 1.82) is 0 Å². The molecule has 2 amide bonds. The highest BCUT2D eigenvalue weighted by Gasteiger charge is 2.25. The van der Waals surface area contributed by atoms with Gasteiger partial charge >= 0.3 is 23.9 Å². The number of amides is 2. The van der Waals surface area contributed by atoms with Crippen LogP contribution in [0.15, 0.2) is 6.07 Å². The third-order valence-electron chi connectivity index (χ3n) is 4.35. The summed E-state index contributed by atoms with van der Waals surface area (Å²) in [6.45, 7) is 4.16. The van der Waals surface area contributed by atoms with Crippen LogP contribution in [0, 0.1) is 10.7 Å². The predicted molar refractivity (Wildman–Crippen MR) is 160 cm³/mol. The van der Waals surface area contributed by atoms with Crippen molar-refractivity contribution in [3.8, 4) is 0 Å². The number of carbonyl (C=O) groups excluding carboxylic acids is 6. The minimum Gasteiger partial charge on any atom is -0.464 e. The molecule has 1 rings (SSSR count). The Morgan fingerprint density at radius 3 is 1.15 bits per heavy atom. The predicted octanol–water partition coefficient (Wildman–Crippen LogP) is 0.959. The van der Waals surface area contributed by atoms with Crippen LogP contribution in [0.4, 0.5) is 0 Å². The fourth-order valence-corrected chi connectivity index (χ4v) is 6.95. The summed E-state index contributed by atoms with van der Waals surface area (Å²) in [5, 5.41) is 0. The average molecular weight is 888 g/mol. The number of rotatable bonds is 14. The summed E-state index contributed by atoms with van der Waals surface area (Å²) in [4.78, 5) is 70.8. The second-order valence-corrected chi connectivity index (χ2v) is 11.1. The number of halogens is 3. The molecular formula is C22H27I3N4O10. The molecule has 0 atom stereocenters. The molecule has 0 aromatic heterocycles. The molecule has 0 aliphatic heterocycles. The minimum atomic E-state index is -0.737. The highest BCUT2D eigenvalue weighted by Crippen LogP contribution is 2.27. The number of benzene rings is 1. The summed E-state index contributed by atoms with van der Waals surface area (Å²) in [6.07, 6.45) is 0. The van der Waals surface area contributed by atoms with Crippen molar-refractivity contribution < 1.29 is 47.7 Å². The van der Waals surface area contributed by atoms with Gasteiger partial charge in [-0.25, -0.2) is 10.9 Å². The zero-order valence-corrected chi connectivity index (χ0v) is 27.7. The van der Waals surface area contributed by atoms with Gasteiger partial charge in [0.1, 0.15) is 26.4 Å². The first-order chi connectivity index (χ1) is 18.2. The van der Waals surface area contributed by atoms with Gasteiger partial charge in [0.05, 0.1) is 23.2 Å². The Kier molecular flexibility index (Phi) is 16.0. The van der Waals surface area contributed by atoms with E-state index in [2.05, 4.69) is 21.7 Å². The van der Waals surface area contributed by atoms with E-state index in [-0.39, 0.29) is 37.6 Å². The van der Waals surface area contributed by atoms with Gasteiger partial charge in [0.15, 0.2) is 0 Å². The monoisotopic (exact) mass is 888 g/mol.